The zero-order valence-corrected chi connectivity index (χ0v) is 22.5. The van der Waals surface area contributed by atoms with Crippen LogP contribution in [0.3, 0.4) is 0 Å². The number of fused-ring (bicyclic) bond motifs is 1. The molecule has 1 aliphatic carbocycles. The minimum atomic E-state index is -2.28. The van der Waals surface area contributed by atoms with Crippen LogP contribution in [0.5, 0.6) is 11.5 Å². The molecule has 4 unspecified atom stereocenters. The molecule has 2 heterocycles. The molecule has 1 spiro atoms. The van der Waals surface area contributed by atoms with E-state index in [0.717, 1.165) is 5.56 Å². The number of carbonyl (C=O) groups is 2. The maximum absolute atomic E-state index is 13.7. The highest BCUT2D eigenvalue weighted by Gasteiger charge is 2.89. The van der Waals surface area contributed by atoms with Gasteiger partial charge in [-0.15, -0.1) is 0 Å². The maximum Gasteiger partial charge on any atom is 0.318 e. The van der Waals surface area contributed by atoms with Crippen molar-refractivity contribution in [2.24, 2.45) is 5.41 Å². The first-order valence-electron chi connectivity index (χ1n) is 11.8. The lowest BCUT2D eigenvalue weighted by atomic mass is 9.42. The minimum Gasteiger partial charge on any atom is -0.505 e. The molecule has 1 saturated heterocycles. The predicted molar refractivity (Wildman–Crippen MR) is 130 cm³/mol. The maximum atomic E-state index is 13.7. The molecule has 35 heavy (non-hydrogen) atoms. The zero-order chi connectivity index (χ0) is 25.8. The molecule has 3 aliphatic rings. The summed E-state index contributed by atoms with van der Waals surface area (Å²) in [4.78, 5) is 29.0. The van der Waals surface area contributed by atoms with Crippen molar-refractivity contribution in [2.45, 2.75) is 56.7 Å². The number of methoxy groups -OCH3 is 3. The second-order valence-electron chi connectivity index (χ2n) is 10.2. The van der Waals surface area contributed by atoms with Gasteiger partial charge in [-0.1, -0.05) is 0 Å². The van der Waals surface area contributed by atoms with E-state index < -0.39 is 42.9 Å². The number of esters is 1. The van der Waals surface area contributed by atoms with E-state index in [0.29, 0.717) is 30.0 Å². The summed E-state index contributed by atoms with van der Waals surface area (Å²) >= 11 is 0. The molecule has 0 aromatic heterocycles. The standard InChI is InChI=1S/C25H35NO8Si/c1-8-33-22(29)24-15-23(10-12-30-2,34-35(5,6)7)25(24)17-14-19(32-4)18(31-3)13-16(17)9-11-26(25)21(28)20(24)27/h10,12-14,20,27H,8-9,11,15H2,1-7H3/b12-10+. The summed E-state index contributed by atoms with van der Waals surface area (Å²) in [7, 11) is 2.35. The Morgan fingerprint density at radius 3 is 2.43 bits per heavy atom. The lowest BCUT2D eigenvalue weighted by molar-refractivity contribution is -0.245. The monoisotopic (exact) mass is 505 g/mol. The second-order valence-corrected chi connectivity index (χ2v) is 14.7. The molecule has 1 aromatic carbocycles. The number of amides is 1. The number of rotatable bonds is 8. The molecule has 1 saturated carbocycles. The fourth-order valence-electron chi connectivity index (χ4n) is 6.46. The number of aliphatic hydroxyl groups is 1. The van der Waals surface area contributed by atoms with Crippen molar-refractivity contribution in [3.63, 3.8) is 0 Å². The minimum absolute atomic E-state index is 0.0696. The van der Waals surface area contributed by atoms with Gasteiger partial charge in [-0.3, -0.25) is 9.59 Å². The Hall–Kier alpha value is -2.56. The van der Waals surface area contributed by atoms with E-state index in [-0.39, 0.29) is 13.0 Å². The van der Waals surface area contributed by atoms with Crippen molar-refractivity contribution in [3.8, 4) is 11.5 Å². The lowest BCUT2D eigenvalue weighted by Gasteiger charge is -2.69. The topological polar surface area (TPSA) is 104 Å². The number of hydrogen-bond donors (Lipinski definition) is 1. The van der Waals surface area contributed by atoms with Gasteiger partial charge in [-0.05, 0) is 62.3 Å². The van der Waals surface area contributed by atoms with Crippen molar-refractivity contribution in [1.82, 2.24) is 4.90 Å². The Morgan fingerprint density at radius 2 is 1.86 bits per heavy atom. The van der Waals surface area contributed by atoms with Crippen molar-refractivity contribution in [3.05, 3.63) is 35.6 Å². The van der Waals surface area contributed by atoms with E-state index in [9.17, 15) is 14.7 Å². The molecule has 1 amide bonds. The van der Waals surface area contributed by atoms with Gasteiger partial charge in [0.15, 0.2) is 25.9 Å². The molecule has 10 heteroatoms. The fourth-order valence-corrected chi connectivity index (χ4v) is 7.84. The van der Waals surface area contributed by atoms with Gasteiger partial charge in [-0.25, -0.2) is 0 Å². The normalized spacial score (nSPS) is 31.4. The highest BCUT2D eigenvalue weighted by Crippen LogP contribution is 2.74. The summed E-state index contributed by atoms with van der Waals surface area (Å²) < 4.78 is 28.8. The van der Waals surface area contributed by atoms with Gasteiger partial charge in [0.2, 0.25) is 0 Å². The van der Waals surface area contributed by atoms with Crippen molar-refractivity contribution in [1.29, 1.82) is 0 Å². The average Bonchev–Trinajstić information content (AvgIpc) is 2.97. The number of benzene rings is 1. The molecule has 0 radical (unpaired) electrons. The summed E-state index contributed by atoms with van der Waals surface area (Å²) in [5.74, 6) is -0.123. The first kappa shape index (κ1) is 25.5. The van der Waals surface area contributed by atoms with Crippen LogP contribution in [0.15, 0.2) is 24.5 Å². The predicted octanol–water partition coefficient (Wildman–Crippen LogP) is 2.36. The summed E-state index contributed by atoms with van der Waals surface area (Å²) in [6, 6.07) is 3.69. The van der Waals surface area contributed by atoms with Crippen LogP contribution in [-0.4, -0.2) is 76.4 Å². The fraction of sp³-hybridized carbons (Fsp3) is 0.600. The van der Waals surface area contributed by atoms with Crippen LogP contribution in [-0.2, 0) is 35.4 Å². The summed E-state index contributed by atoms with van der Waals surface area (Å²) in [6.45, 7) is 8.27. The molecular formula is C25H35NO8Si. The number of hydrogen-bond acceptors (Lipinski definition) is 8. The SMILES string of the molecule is CCOC(=O)C12CC(/C=C/OC)(O[Si](C)(C)C)C13c1cc(OC)c(OC)cc1CCN3C(=O)C2O. The van der Waals surface area contributed by atoms with E-state index in [1.165, 1.54) is 20.5 Å². The van der Waals surface area contributed by atoms with Crippen LogP contribution < -0.4 is 9.47 Å². The summed E-state index contributed by atoms with van der Waals surface area (Å²) in [5.41, 5.74) is -2.48. The van der Waals surface area contributed by atoms with E-state index in [1.807, 2.05) is 31.8 Å². The number of nitrogens with zero attached hydrogens (tertiary/aromatic N) is 1. The quantitative estimate of drug-likeness (QED) is 0.326. The third kappa shape index (κ3) is 3.19. The Labute approximate surface area is 207 Å². The molecule has 4 rings (SSSR count). The van der Waals surface area contributed by atoms with Gasteiger partial charge in [0.25, 0.3) is 5.91 Å². The molecule has 9 nitrogen and oxygen atoms in total. The van der Waals surface area contributed by atoms with Gasteiger partial charge in [0.05, 0.1) is 34.2 Å². The van der Waals surface area contributed by atoms with Crippen molar-refractivity contribution >= 4 is 20.2 Å². The smallest absolute Gasteiger partial charge is 0.318 e. The Morgan fingerprint density at radius 1 is 1.20 bits per heavy atom. The highest BCUT2D eigenvalue weighted by molar-refractivity contribution is 6.69. The van der Waals surface area contributed by atoms with Crippen LogP contribution in [0.4, 0.5) is 0 Å². The third-order valence-electron chi connectivity index (χ3n) is 7.38. The molecule has 1 N–H and O–H groups in total. The number of ether oxygens (including phenoxy) is 4. The summed E-state index contributed by atoms with van der Waals surface area (Å²) in [6.07, 6.45) is 2.32. The Kier molecular flexibility index (Phi) is 6.22. The van der Waals surface area contributed by atoms with E-state index in [2.05, 4.69) is 0 Å². The molecule has 2 fully saturated rings. The molecule has 0 bridgehead atoms. The molecular weight excluding hydrogens is 470 g/mol. The lowest BCUT2D eigenvalue weighted by Crippen LogP contribution is -2.81. The Bertz CT molecular complexity index is 1070. The van der Waals surface area contributed by atoms with E-state index >= 15 is 0 Å². The van der Waals surface area contributed by atoms with Crippen molar-refractivity contribution in [2.75, 3.05) is 34.5 Å². The first-order chi connectivity index (χ1) is 16.5. The van der Waals surface area contributed by atoms with Gasteiger partial charge >= 0.3 is 5.97 Å². The van der Waals surface area contributed by atoms with Crippen LogP contribution in [0, 0.1) is 5.41 Å². The first-order valence-corrected chi connectivity index (χ1v) is 15.2. The van der Waals surface area contributed by atoms with E-state index in [4.69, 9.17) is 23.4 Å². The molecule has 2 aliphatic heterocycles. The largest absolute Gasteiger partial charge is 0.505 e. The summed E-state index contributed by atoms with van der Waals surface area (Å²) in [5, 5.41) is 11.4. The average molecular weight is 506 g/mol. The third-order valence-corrected chi connectivity index (χ3v) is 8.35. The number of carbonyl (C=O) groups excluding carboxylic acids is 2. The van der Waals surface area contributed by atoms with Gasteiger partial charge < -0.3 is 33.4 Å². The molecule has 4 atom stereocenters. The van der Waals surface area contributed by atoms with Gasteiger partial charge in [-0.2, -0.15) is 0 Å². The van der Waals surface area contributed by atoms with Crippen LogP contribution in [0.2, 0.25) is 19.6 Å². The zero-order valence-electron chi connectivity index (χ0n) is 21.5. The van der Waals surface area contributed by atoms with Crippen LogP contribution in [0.25, 0.3) is 0 Å². The van der Waals surface area contributed by atoms with E-state index in [1.54, 1.807) is 25.0 Å². The van der Waals surface area contributed by atoms with Crippen LogP contribution in [0.1, 0.15) is 24.5 Å². The highest BCUT2D eigenvalue weighted by atomic mass is 28.4. The van der Waals surface area contributed by atoms with Crippen molar-refractivity contribution < 1.29 is 38.1 Å². The van der Waals surface area contributed by atoms with Crippen LogP contribution >= 0.6 is 0 Å². The Balaban J connectivity index is 2.12. The van der Waals surface area contributed by atoms with Gasteiger partial charge in [0.1, 0.15) is 16.6 Å². The number of aliphatic hydroxyl groups excluding tert-OH is 1. The second kappa shape index (κ2) is 8.53. The molecule has 1 aromatic rings. The van der Waals surface area contributed by atoms with Gasteiger partial charge in [0, 0.05) is 13.0 Å². The molecule has 192 valence electrons.